The molecule has 0 saturated carbocycles. The Labute approximate surface area is 396 Å². The molecule has 4 aromatic carbocycles. The number of nitrogen functional groups attached to an aromatic ring is 1. The molecule has 0 saturated heterocycles. The normalized spacial score (nSPS) is 12.9. The summed E-state index contributed by atoms with van der Waals surface area (Å²) in [5, 5.41) is 15.9. The van der Waals surface area contributed by atoms with E-state index in [1.54, 1.807) is 13.8 Å². The van der Waals surface area contributed by atoms with Crippen molar-refractivity contribution in [1.82, 2.24) is 29.9 Å². The van der Waals surface area contributed by atoms with Gasteiger partial charge in [-0.1, -0.05) is 54.6 Å². The zero-order chi connectivity index (χ0) is 49.1. The van der Waals surface area contributed by atoms with Gasteiger partial charge in [-0.25, -0.2) is 24.9 Å². The number of allylic oxidation sites excluding steroid dienone is 1. The van der Waals surface area contributed by atoms with E-state index in [1.165, 1.54) is 28.0 Å². The third-order valence-electron chi connectivity index (χ3n) is 9.72. The van der Waals surface area contributed by atoms with Gasteiger partial charge in [0.2, 0.25) is 11.9 Å². The number of rotatable bonds is 4. The van der Waals surface area contributed by atoms with Gasteiger partial charge in [0.05, 0.1) is 28.0 Å². The first-order valence-electron chi connectivity index (χ1n) is 20.6. The van der Waals surface area contributed by atoms with Crippen LogP contribution in [0, 0.1) is 55.4 Å². The van der Waals surface area contributed by atoms with Gasteiger partial charge in [-0.3, -0.25) is 15.1 Å². The van der Waals surface area contributed by atoms with Gasteiger partial charge < -0.3 is 22.5 Å². The number of aliphatic imine (C=N–C) groups is 1. The second-order valence-corrected chi connectivity index (χ2v) is 19.9. The zero-order valence-corrected chi connectivity index (χ0v) is 41.5. The number of hydrogen-bond donors (Lipinski definition) is 8. The van der Waals surface area contributed by atoms with Crippen molar-refractivity contribution in [2.24, 2.45) is 16.5 Å². The summed E-state index contributed by atoms with van der Waals surface area (Å²) in [7, 11) is -3.33. The summed E-state index contributed by atoms with van der Waals surface area (Å²) in [5.41, 5.74) is 30.3. The first-order chi connectivity index (χ1) is 30.8. The summed E-state index contributed by atoms with van der Waals surface area (Å²) in [5.74, 6) is 1.03. The van der Waals surface area contributed by atoms with Gasteiger partial charge >= 0.3 is 45.5 Å². The predicted molar refractivity (Wildman–Crippen MR) is 269 cm³/mol. The molecule has 11 N–H and O–H groups in total. The number of aryl methyl sites for hydroxylation is 7. The van der Waals surface area contributed by atoms with Gasteiger partial charge in [-0.15, -0.1) is 0 Å². The van der Waals surface area contributed by atoms with E-state index in [2.05, 4.69) is 102 Å². The molecule has 4 heterocycles. The van der Waals surface area contributed by atoms with Crippen LogP contribution in [0.3, 0.4) is 0 Å². The van der Waals surface area contributed by atoms with E-state index in [4.69, 9.17) is 27.0 Å². The molecule has 8 rings (SSSR count). The molecule has 1 unspecified atom stereocenters. The first kappa shape index (κ1) is 52.3. The Kier molecular flexibility index (Phi) is 18.0. The number of nitrogens with two attached hydrogens (primary N) is 3. The summed E-state index contributed by atoms with van der Waals surface area (Å²) in [4.78, 5) is 40.0. The monoisotopic (exact) mass is 926 g/mol. The number of guanidine groups is 1. The van der Waals surface area contributed by atoms with Crippen molar-refractivity contribution in [3.8, 4) is 0 Å². The molecule has 19 heteroatoms. The number of nitrogens with zero attached hydrogens (tertiary/aromatic N) is 6. The summed E-state index contributed by atoms with van der Waals surface area (Å²) in [6, 6.07) is 26.4. The second kappa shape index (κ2) is 22.7. The second-order valence-electron chi connectivity index (χ2n) is 16.4. The quantitative estimate of drug-likeness (QED) is 0.0206. The molecular formula is C47H58MgN12O5S. The number of H-pyrrole nitrogens is 1. The molecule has 66 heavy (non-hydrogen) atoms. The van der Waals surface area contributed by atoms with Crippen LogP contribution in [0.5, 0.6) is 0 Å². The average molecular weight is 927 g/mol. The van der Waals surface area contributed by atoms with E-state index in [0.29, 0.717) is 48.9 Å². The Morgan fingerprint density at radius 3 is 1.83 bits per heavy atom. The molecule has 0 spiro atoms. The Hall–Kier alpha value is -6.35. The molecule has 17 nitrogen and oxygen atoms in total. The van der Waals surface area contributed by atoms with Crippen molar-refractivity contribution in [3.63, 3.8) is 0 Å². The van der Waals surface area contributed by atoms with Gasteiger partial charge in [-0.05, 0) is 134 Å². The molecule has 344 valence electrons. The molecule has 0 bridgehead atoms. The summed E-state index contributed by atoms with van der Waals surface area (Å²) in [6.45, 7) is 22.1. The van der Waals surface area contributed by atoms with Crippen LogP contribution in [-0.2, 0) is 11.7 Å². The Morgan fingerprint density at radius 2 is 1.30 bits per heavy atom. The maximum atomic E-state index is 11.8. The molecule has 1 atom stereocenters. The van der Waals surface area contributed by atoms with Crippen LogP contribution in [0.4, 0.5) is 29.2 Å². The molecule has 0 aliphatic carbocycles. The van der Waals surface area contributed by atoms with E-state index in [9.17, 15) is 9.00 Å². The molecule has 7 aromatic rings. The Morgan fingerprint density at radius 1 is 0.758 bits per heavy atom. The van der Waals surface area contributed by atoms with E-state index >= 15 is 0 Å². The Balaban J connectivity index is 0.000000193. The number of anilines is 4. The van der Waals surface area contributed by atoms with E-state index in [1.807, 2.05) is 95.3 Å². The summed E-state index contributed by atoms with van der Waals surface area (Å²) < 4.78 is 20.6. The standard InChI is InChI=1S/C16H17N5O.C13H17N.C11H13N5.C7H9N.Mg.H2O4S/c1-8-5-6-12-11(4)18-15(19-13(12)7-8)21-16-17-10(3)9(2)14(22)20-16;1-9-5-6-11-10(2)8-13(3,4)14-12(11)7-9;1-6-3-4-8-7(2)14-11(16-10(12)13)15-9(8)5-6;1-6-3-2-4-7(8)5-6;;1-4-5(2)3/h5-7H,1-4H3,(H2,17,18,19,20,21,22);5-8,14H,1-4H3;3-5H,1-2H3,(H4,12,13,14,15,16);2-5H,8H2,1H3;;1H,(H,2,3). The van der Waals surface area contributed by atoms with Crippen LogP contribution in [-0.4, -0.2) is 75.2 Å². The van der Waals surface area contributed by atoms with Crippen molar-refractivity contribution in [2.75, 3.05) is 16.4 Å². The van der Waals surface area contributed by atoms with Crippen molar-refractivity contribution >= 4 is 89.7 Å². The number of nitrogens with one attached hydrogen (secondary N) is 3. The number of hydrogen-bond acceptors (Lipinski definition) is 13. The maximum absolute atomic E-state index is 11.8. The third kappa shape index (κ3) is 16.0. The van der Waals surface area contributed by atoms with Crippen LogP contribution in [0.15, 0.2) is 94.7 Å². The number of fused-ring (bicyclic) bond motifs is 3. The zero-order valence-electron chi connectivity index (χ0n) is 39.2. The van der Waals surface area contributed by atoms with E-state index in [0.717, 1.165) is 50.0 Å². The van der Waals surface area contributed by atoms with Crippen LogP contribution in [0.1, 0.15) is 71.2 Å². The minimum atomic E-state index is -3.33. The Bertz CT molecular complexity index is 3080. The van der Waals surface area contributed by atoms with Crippen LogP contribution in [0.2, 0.25) is 0 Å². The first-order valence-corrected chi connectivity index (χ1v) is 23.9. The fourth-order valence-electron chi connectivity index (χ4n) is 6.59. The predicted octanol–water partition coefficient (Wildman–Crippen LogP) is 8.25. The molecule has 0 fully saturated rings. The number of aromatic nitrogens is 6. The van der Waals surface area contributed by atoms with Gasteiger partial charge in [0.25, 0.3) is 11.5 Å². The van der Waals surface area contributed by atoms with Gasteiger partial charge in [-0.2, -0.15) is 4.99 Å². The fraction of sp³-hybridized carbons (Fsp3) is 0.255. The molecular weight excluding hydrogens is 869 g/mol. The minimum absolute atomic E-state index is 0.0357. The van der Waals surface area contributed by atoms with Gasteiger partial charge in [0, 0.05) is 39.0 Å². The van der Waals surface area contributed by atoms with Crippen LogP contribution in [0.25, 0.3) is 27.4 Å². The molecule has 1 aliphatic rings. The molecule has 0 radical (unpaired) electrons. The third-order valence-corrected chi connectivity index (χ3v) is 10.3. The van der Waals surface area contributed by atoms with Crippen molar-refractivity contribution in [3.05, 3.63) is 146 Å². The van der Waals surface area contributed by atoms with Crippen molar-refractivity contribution in [1.29, 1.82) is 0 Å². The van der Waals surface area contributed by atoms with Crippen molar-refractivity contribution < 1.29 is 18.4 Å². The molecule has 3 aromatic heterocycles. The topological polar surface area (TPSA) is 279 Å². The molecule has 1 aliphatic heterocycles. The van der Waals surface area contributed by atoms with E-state index < -0.39 is 7.32 Å². The number of aromatic amines is 1. The van der Waals surface area contributed by atoms with Crippen LogP contribution < -0.4 is 33.4 Å². The fourth-order valence-corrected chi connectivity index (χ4v) is 6.59. The average Bonchev–Trinajstić information content (AvgIpc) is 3.19. The summed E-state index contributed by atoms with van der Waals surface area (Å²) >= 11 is 0.671. The van der Waals surface area contributed by atoms with Gasteiger partial charge in [0.15, 0.2) is 5.96 Å². The van der Waals surface area contributed by atoms with Crippen LogP contribution >= 0.6 is 0 Å². The summed E-state index contributed by atoms with van der Waals surface area (Å²) in [6.07, 6.45) is 2.28. The SMILES string of the molecule is CC1=CC(C)(C)Nc2cc(C)ccc21.Cc1ccc2c(C)nc(N=C(N)N)nc2c1.Cc1ccc2c(C)nc(Nc3nc(C)c(C)c(=O)[nH]3)nc2c1.Cc1cccc(N)c1.O=[S](O)(=[Mg])OO. The van der Waals surface area contributed by atoms with Gasteiger partial charge in [0.1, 0.15) is 0 Å². The van der Waals surface area contributed by atoms with E-state index in [-0.39, 0.29) is 17.1 Å². The van der Waals surface area contributed by atoms with Crippen molar-refractivity contribution in [2.45, 2.75) is 81.7 Å². The number of benzene rings is 4. The molecule has 0 amide bonds.